The lowest BCUT2D eigenvalue weighted by molar-refractivity contribution is 0.224. The maximum absolute atomic E-state index is 6.30. The van der Waals surface area contributed by atoms with E-state index >= 15 is 0 Å². The highest BCUT2D eigenvalue weighted by molar-refractivity contribution is 6.35. The van der Waals surface area contributed by atoms with Crippen LogP contribution < -0.4 is 5.32 Å². The molecule has 1 aromatic carbocycles. The van der Waals surface area contributed by atoms with Gasteiger partial charge in [0.05, 0.1) is 0 Å². The number of rotatable bonds is 7. The molecule has 2 nitrogen and oxygen atoms in total. The lowest BCUT2D eigenvalue weighted by Crippen LogP contribution is -2.32. The van der Waals surface area contributed by atoms with E-state index < -0.39 is 0 Å². The third-order valence-corrected chi connectivity index (χ3v) is 4.80. The van der Waals surface area contributed by atoms with Crippen molar-refractivity contribution < 1.29 is 0 Å². The Labute approximate surface area is 138 Å². The molecule has 1 heterocycles. The molecule has 1 saturated heterocycles. The van der Waals surface area contributed by atoms with E-state index in [0.717, 1.165) is 23.6 Å². The van der Waals surface area contributed by atoms with E-state index in [0.29, 0.717) is 11.1 Å². The van der Waals surface area contributed by atoms with Crippen LogP contribution in [0, 0.1) is 0 Å². The van der Waals surface area contributed by atoms with Gasteiger partial charge in [0.1, 0.15) is 0 Å². The molecule has 0 aromatic heterocycles. The number of halogens is 2. The monoisotopic (exact) mass is 328 g/mol. The molecule has 118 valence electrons. The maximum atomic E-state index is 6.30. The summed E-state index contributed by atoms with van der Waals surface area (Å²) in [6.07, 6.45) is 6.37. The van der Waals surface area contributed by atoms with Gasteiger partial charge in [0.2, 0.25) is 0 Å². The highest BCUT2D eigenvalue weighted by atomic mass is 35.5. The Morgan fingerprint density at radius 2 is 1.95 bits per heavy atom. The van der Waals surface area contributed by atoms with Crippen molar-refractivity contribution >= 4 is 23.2 Å². The minimum atomic E-state index is 0.316. The molecule has 21 heavy (non-hydrogen) atoms. The minimum absolute atomic E-state index is 0.316. The van der Waals surface area contributed by atoms with Crippen LogP contribution in [0.15, 0.2) is 18.2 Å². The van der Waals surface area contributed by atoms with E-state index in [2.05, 4.69) is 17.1 Å². The highest BCUT2D eigenvalue weighted by Crippen LogP contribution is 2.27. The highest BCUT2D eigenvalue weighted by Gasteiger charge is 2.13. The first kappa shape index (κ1) is 17.1. The van der Waals surface area contributed by atoms with Gasteiger partial charge in [-0.3, -0.25) is 0 Å². The molecule has 0 amide bonds. The number of benzene rings is 1. The van der Waals surface area contributed by atoms with Crippen LogP contribution in [0.2, 0.25) is 10.0 Å². The normalized spacial score (nSPS) is 17.9. The summed E-state index contributed by atoms with van der Waals surface area (Å²) in [4.78, 5) is 2.58. The number of piperidine rings is 1. The zero-order valence-corrected chi connectivity index (χ0v) is 14.4. The second-order valence-electron chi connectivity index (χ2n) is 5.84. The summed E-state index contributed by atoms with van der Waals surface area (Å²) < 4.78 is 0. The zero-order valence-electron chi connectivity index (χ0n) is 12.9. The van der Waals surface area contributed by atoms with Crippen LogP contribution in [0.4, 0.5) is 0 Å². The van der Waals surface area contributed by atoms with E-state index in [9.17, 15) is 0 Å². The topological polar surface area (TPSA) is 15.3 Å². The predicted octanol–water partition coefficient (Wildman–Crippen LogP) is 4.91. The summed E-state index contributed by atoms with van der Waals surface area (Å²) in [5, 5.41) is 5.09. The van der Waals surface area contributed by atoms with Crippen LogP contribution in [0.1, 0.15) is 50.6 Å². The molecule has 1 fully saturated rings. The van der Waals surface area contributed by atoms with Crippen molar-refractivity contribution in [2.75, 3.05) is 26.2 Å². The molecule has 0 spiro atoms. The number of hydrogen-bond donors (Lipinski definition) is 1. The molecule has 0 aliphatic carbocycles. The Morgan fingerprint density at radius 3 is 2.62 bits per heavy atom. The van der Waals surface area contributed by atoms with Crippen molar-refractivity contribution in [1.29, 1.82) is 0 Å². The van der Waals surface area contributed by atoms with E-state index in [-0.39, 0.29) is 0 Å². The molecule has 1 atom stereocenters. The fourth-order valence-electron chi connectivity index (χ4n) is 3.02. The van der Waals surface area contributed by atoms with Crippen molar-refractivity contribution in [3.05, 3.63) is 33.8 Å². The molecule has 4 heteroatoms. The van der Waals surface area contributed by atoms with Gasteiger partial charge in [0.15, 0.2) is 0 Å². The van der Waals surface area contributed by atoms with Crippen molar-refractivity contribution in [3.8, 4) is 0 Å². The van der Waals surface area contributed by atoms with Crippen molar-refractivity contribution in [1.82, 2.24) is 10.2 Å². The number of nitrogens with zero attached hydrogens (tertiary/aromatic N) is 1. The Bertz CT molecular complexity index is 431. The molecule has 1 aliphatic heterocycles. The van der Waals surface area contributed by atoms with Gasteiger partial charge in [-0.2, -0.15) is 0 Å². The lowest BCUT2D eigenvalue weighted by atomic mass is 10.0. The number of nitrogens with one attached hydrogen (secondary N) is 1. The minimum Gasteiger partial charge on any atom is -0.310 e. The van der Waals surface area contributed by atoms with Gasteiger partial charge < -0.3 is 10.2 Å². The molecule has 2 rings (SSSR count). The van der Waals surface area contributed by atoms with E-state index in [1.54, 1.807) is 0 Å². The average molecular weight is 329 g/mol. The largest absolute Gasteiger partial charge is 0.310 e. The van der Waals surface area contributed by atoms with Gasteiger partial charge in [-0.1, -0.05) is 42.6 Å². The van der Waals surface area contributed by atoms with Crippen molar-refractivity contribution in [2.24, 2.45) is 0 Å². The van der Waals surface area contributed by atoms with Crippen LogP contribution >= 0.6 is 23.2 Å². The average Bonchev–Trinajstić information content (AvgIpc) is 2.49. The van der Waals surface area contributed by atoms with Crippen LogP contribution in [-0.4, -0.2) is 31.1 Å². The van der Waals surface area contributed by atoms with E-state index in [1.807, 2.05) is 18.2 Å². The maximum Gasteiger partial charge on any atom is 0.0468 e. The van der Waals surface area contributed by atoms with Gasteiger partial charge in [0, 0.05) is 16.1 Å². The van der Waals surface area contributed by atoms with Crippen molar-refractivity contribution in [3.63, 3.8) is 0 Å². The fraction of sp³-hybridized carbons (Fsp3) is 0.647. The van der Waals surface area contributed by atoms with E-state index in [4.69, 9.17) is 23.2 Å². The summed E-state index contributed by atoms with van der Waals surface area (Å²) >= 11 is 12.3. The zero-order chi connectivity index (χ0) is 15.1. The Balaban J connectivity index is 1.76. The van der Waals surface area contributed by atoms with Gasteiger partial charge in [-0.05, 0) is 69.6 Å². The molecular formula is C17H26Cl2N2. The molecule has 1 aromatic rings. The summed E-state index contributed by atoms with van der Waals surface area (Å²) in [7, 11) is 0. The summed E-state index contributed by atoms with van der Waals surface area (Å²) in [6.45, 7) is 6.99. The number of likely N-dealkylation sites (tertiary alicyclic amines) is 1. The smallest absolute Gasteiger partial charge is 0.0468 e. The Morgan fingerprint density at radius 1 is 1.19 bits per heavy atom. The molecule has 1 N–H and O–H groups in total. The van der Waals surface area contributed by atoms with Crippen LogP contribution in [-0.2, 0) is 0 Å². The first-order valence-electron chi connectivity index (χ1n) is 8.11. The van der Waals surface area contributed by atoms with Crippen LogP contribution in [0.3, 0.4) is 0 Å². The second kappa shape index (κ2) is 8.99. The summed E-state index contributed by atoms with van der Waals surface area (Å²) in [5.74, 6) is 0. The van der Waals surface area contributed by atoms with Gasteiger partial charge in [0.25, 0.3) is 0 Å². The number of hydrogen-bond acceptors (Lipinski definition) is 2. The summed E-state index contributed by atoms with van der Waals surface area (Å²) in [6, 6.07) is 6.10. The molecule has 1 aliphatic rings. The third-order valence-electron chi connectivity index (χ3n) is 4.24. The standard InChI is InChI=1S/C17H26Cl2N2/c1-2-17(15-8-7-14(18)13-16(15)19)20-9-6-12-21-10-4-3-5-11-21/h7-8,13,17,20H,2-6,9-12H2,1H3. The molecule has 1 unspecified atom stereocenters. The lowest BCUT2D eigenvalue weighted by Gasteiger charge is -2.27. The SMILES string of the molecule is CCC(NCCCN1CCCCC1)c1ccc(Cl)cc1Cl. The van der Waals surface area contributed by atoms with E-state index in [1.165, 1.54) is 45.3 Å². The molecular weight excluding hydrogens is 303 g/mol. The second-order valence-corrected chi connectivity index (χ2v) is 6.68. The fourth-order valence-corrected chi connectivity index (χ4v) is 3.56. The van der Waals surface area contributed by atoms with Crippen molar-refractivity contribution in [2.45, 2.75) is 45.1 Å². The van der Waals surface area contributed by atoms with Gasteiger partial charge in [-0.15, -0.1) is 0 Å². The van der Waals surface area contributed by atoms with Crippen LogP contribution in [0.5, 0.6) is 0 Å². The van der Waals surface area contributed by atoms with Crippen LogP contribution in [0.25, 0.3) is 0 Å². The van der Waals surface area contributed by atoms with Gasteiger partial charge >= 0.3 is 0 Å². The first-order chi connectivity index (χ1) is 10.2. The Kier molecular flexibility index (Phi) is 7.31. The Hall–Kier alpha value is -0.280. The quantitative estimate of drug-likeness (QED) is 0.715. The predicted molar refractivity (Wildman–Crippen MR) is 92.4 cm³/mol. The van der Waals surface area contributed by atoms with Gasteiger partial charge in [-0.25, -0.2) is 0 Å². The first-order valence-corrected chi connectivity index (χ1v) is 8.87. The molecule has 0 radical (unpaired) electrons. The third kappa shape index (κ3) is 5.45. The molecule has 0 bridgehead atoms. The molecule has 0 saturated carbocycles. The summed E-state index contributed by atoms with van der Waals surface area (Å²) in [5.41, 5.74) is 1.15.